The fraction of sp³-hybridized carbons (Fsp3) is 0.400. The fourth-order valence-electron chi connectivity index (χ4n) is 4.74. The van der Waals surface area contributed by atoms with E-state index in [1.807, 2.05) is 43.3 Å². The maximum Gasteiger partial charge on any atom is 0.407 e. The van der Waals surface area contributed by atoms with Gasteiger partial charge in [-0.25, -0.2) is 4.79 Å². The standard InChI is InChI=1S/C25H28N2O5/c1-15-11-12-17(24(29)30)13-27(15)23(28)16(2)26-25(31)32-14-22-20-9-5-3-7-18(20)19-8-4-6-10-21(19)22/h3-10,15-17,22H,11-14H2,1-2H3,(H,26,31)(H,29,30). The van der Waals surface area contributed by atoms with E-state index in [1.165, 1.54) is 0 Å². The first-order chi connectivity index (χ1) is 15.4. The number of hydrogen-bond donors (Lipinski definition) is 2. The summed E-state index contributed by atoms with van der Waals surface area (Å²) in [4.78, 5) is 38.2. The van der Waals surface area contributed by atoms with Crippen LogP contribution in [0.15, 0.2) is 48.5 Å². The second kappa shape index (κ2) is 9.02. The summed E-state index contributed by atoms with van der Waals surface area (Å²) >= 11 is 0. The number of nitrogens with one attached hydrogen (secondary N) is 1. The van der Waals surface area contributed by atoms with Crippen LogP contribution < -0.4 is 5.32 Å². The van der Waals surface area contributed by atoms with Crippen molar-refractivity contribution < 1.29 is 24.2 Å². The monoisotopic (exact) mass is 436 g/mol. The molecular weight excluding hydrogens is 408 g/mol. The first-order valence-electron chi connectivity index (χ1n) is 11.0. The minimum absolute atomic E-state index is 0.0578. The number of likely N-dealkylation sites (tertiary alicyclic amines) is 1. The lowest BCUT2D eigenvalue weighted by molar-refractivity contribution is -0.147. The predicted octanol–water partition coefficient (Wildman–Crippen LogP) is 3.63. The first kappa shape index (κ1) is 21.9. The Balaban J connectivity index is 1.37. The van der Waals surface area contributed by atoms with Gasteiger partial charge in [0.2, 0.25) is 5.91 Å². The Hall–Kier alpha value is -3.35. The summed E-state index contributed by atoms with van der Waals surface area (Å²) in [5, 5.41) is 11.9. The van der Waals surface area contributed by atoms with Crippen LogP contribution in [-0.2, 0) is 14.3 Å². The van der Waals surface area contributed by atoms with E-state index >= 15 is 0 Å². The van der Waals surface area contributed by atoms with E-state index in [1.54, 1.807) is 11.8 Å². The van der Waals surface area contributed by atoms with Crippen LogP contribution in [0.2, 0.25) is 0 Å². The summed E-state index contributed by atoms with van der Waals surface area (Å²) in [6, 6.07) is 15.3. The molecule has 7 heteroatoms. The minimum Gasteiger partial charge on any atom is -0.481 e. The number of carboxylic acids is 1. The third kappa shape index (κ3) is 4.20. The number of alkyl carbamates (subject to hydrolysis) is 1. The van der Waals surface area contributed by atoms with Crippen LogP contribution in [0, 0.1) is 5.92 Å². The van der Waals surface area contributed by atoms with E-state index in [-0.39, 0.29) is 31.0 Å². The number of ether oxygens (including phenoxy) is 1. The number of carbonyl (C=O) groups excluding carboxylic acids is 2. The molecule has 3 atom stereocenters. The summed E-state index contributed by atoms with van der Waals surface area (Å²) < 4.78 is 5.52. The highest BCUT2D eigenvalue weighted by molar-refractivity contribution is 5.86. The normalized spacial score (nSPS) is 20.8. The zero-order chi connectivity index (χ0) is 22.8. The molecule has 32 heavy (non-hydrogen) atoms. The lowest BCUT2D eigenvalue weighted by atomic mass is 9.93. The zero-order valence-electron chi connectivity index (χ0n) is 18.3. The van der Waals surface area contributed by atoms with Crippen molar-refractivity contribution in [2.24, 2.45) is 5.92 Å². The number of nitrogens with zero attached hydrogens (tertiary/aromatic N) is 1. The quantitative estimate of drug-likeness (QED) is 0.746. The van der Waals surface area contributed by atoms with Crippen molar-refractivity contribution in [2.45, 2.75) is 44.7 Å². The average Bonchev–Trinajstić information content (AvgIpc) is 3.11. The molecule has 2 amide bonds. The highest BCUT2D eigenvalue weighted by Gasteiger charge is 2.35. The van der Waals surface area contributed by atoms with Crippen LogP contribution in [0.25, 0.3) is 11.1 Å². The number of rotatable bonds is 5. The molecule has 4 rings (SSSR count). The zero-order valence-corrected chi connectivity index (χ0v) is 18.3. The van der Waals surface area contributed by atoms with E-state index in [0.29, 0.717) is 12.8 Å². The van der Waals surface area contributed by atoms with Crippen LogP contribution in [-0.4, -0.2) is 53.2 Å². The van der Waals surface area contributed by atoms with Gasteiger partial charge in [-0.05, 0) is 48.9 Å². The van der Waals surface area contributed by atoms with Gasteiger partial charge in [0.25, 0.3) is 0 Å². The Labute approximate surface area is 187 Å². The van der Waals surface area contributed by atoms with Crippen molar-refractivity contribution in [2.75, 3.05) is 13.2 Å². The molecule has 2 N–H and O–H groups in total. The molecule has 0 bridgehead atoms. The molecule has 0 aromatic heterocycles. The van der Waals surface area contributed by atoms with Gasteiger partial charge in [-0.2, -0.15) is 0 Å². The molecule has 2 aromatic rings. The predicted molar refractivity (Wildman–Crippen MR) is 119 cm³/mol. The molecule has 3 unspecified atom stereocenters. The maximum atomic E-state index is 12.9. The Morgan fingerprint density at radius 3 is 2.25 bits per heavy atom. The van der Waals surface area contributed by atoms with Crippen LogP contribution in [0.3, 0.4) is 0 Å². The number of piperidine rings is 1. The van der Waals surface area contributed by atoms with E-state index in [4.69, 9.17) is 4.74 Å². The van der Waals surface area contributed by atoms with Gasteiger partial charge in [0.1, 0.15) is 12.6 Å². The van der Waals surface area contributed by atoms with Gasteiger partial charge in [0.15, 0.2) is 0 Å². The summed E-state index contributed by atoms with van der Waals surface area (Å²) in [5.41, 5.74) is 4.53. The van der Waals surface area contributed by atoms with Crippen LogP contribution in [0.4, 0.5) is 4.79 Å². The molecule has 1 aliphatic carbocycles. The van der Waals surface area contributed by atoms with Gasteiger partial charge in [0.05, 0.1) is 5.92 Å². The molecule has 2 aliphatic rings. The van der Waals surface area contributed by atoms with E-state index in [0.717, 1.165) is 22.3 Å². The number of amides is 2. The summed E-state index contributed by atoms with van der Waals surface area (Å²) in [7, 11) is 0. The lowest BCUT2D eigenvalue weighted by Crippen LogP contribution is -2.54. The average molecular weight is 437 g/mol. The first-order valence-corrected chi connectivity index (χ1v) is 11.0. The van der Waals surface area contributed by atoms with Crippen molar-refractivity contribution in [1.82, 2.24) is 10.2 Å². The number of carboxylic acid groups (broad SMARTS) is 1. The third-order valence-corrected chi connectivity index (χ3v) is 6.56. The fourth-order valence-corrected chi connectivity index (χ4v) is 4.74. The Bertz CT molecular complexity index is 991. The van der Waals surface area contributed by atoms with Crippen LogP contribution in [0.5, 0.6) is 0 Å². The second-order valence-corrected chi connectivity index (χ2v) is 8.64. The molecule has 0 saturated carbocycles. The van der Waals surface area contributed by atoms with E-state index in [2.05, 4.69) is 17.4 Å². The summed E-state index contributed by atoms with van der Waals surface area (Å²) in [5.74, 6) is -1.82. The Kier molecular flexibility index (Phi) is 6.17. The smallest absolute Gasteiger partial charge is 0.407 e. The third-order valence-electron chi connectivity index (χ3n) is 6.56. The largest absolute Gasteiger partial charge is 0.481 e. The highest BCUT2D eigenvalue weighted by Crippen LogP contribution is 2.44. The number of aliphatic carboxylic acids is 1. The molecule has 2 aromatic carbocycles. The van der Waals surface area contributed by atoms with Crippen molar-refractivity contribution in [3.63, 3.8) is 0 Å². The number of carbonyl (C=O) groups is 3. The van der Waals surface area contributed by atoms with Crippen molar-refractivity contribution in [3.05, 3.63) is 59.7 Å². The molecule has 7 nitrogen and oxygen atoms in total. The van der Waals surface area contributed by atoms with Gasteiger partial charge in [0, 0.05) is 18.5 Å². The molecule has 1 fully saturated rings. The number of benzene rings is 2. The number of fused-ring (bicyclic) bond motifs is 3. The molecular formula is C25H28N2O5. The van der Waals surface area contributed by atoms with Crippen LogP contribution >= 0.6 is 0 Å². The van der Waals surface area contributed by atoms with Gasteiger partial charge < -0.3 is 20.1 Å². The SMILES string of the molecule is CC(NC(=O)OCC1c2ccccc2-c2ccccc21)C(=O)N1CC(C(=O)O)CCC1C. The van der Waals surface area contributed by atoms with E-state index in [9.17, 15) is 19.5 Å². The Morgan fingerprint density at radius 2 is 1.66 bits per heavy atom. The molecule has 0 spiro atoms. The molecule has 1 aliphatic heterocycles. The van der Waals surface area contributed by atoms with Gasteiger partial charge in [-0.15, -0.1) is 0 Å². The number of hydrogen-bond acceptors (Lipinski definition) is 4. The van der Waals surface area contributed by atoms with Crippen molar-refractivity contribution >= 4 is 18.0 Å². The molecule has 0 radical (unpaired) electrons. The molecule has 1 heterocycles. The second-order valence-electron chi connectivity index (χ2n) is 8.64. The minimum atomic E-state index is -0.896. The molecule has 168 valence electrons. The molecule has 1 saturated heterocycles. The van der Waals surface area contributed by atoms with Gasteiger partial charge in [-0.3, -0.25) is 9.59 Å². The summed E-state index contributed by atoms with van der Waals surface area (Å²) in [6.07, 6.45) is 0.515. The van der Waals surface area contributed by atoms with Crippen molar-refractivity contribution in [1.29, 1.82) is 0 Å². The maximum absolute atomic E-state index is 12.9. The highest BCUT2D eigenvalue weighted by atomic mass is 16.5. The van der Waals surface area contributed by atoms with Gasteiger partial charge in [-0.1, -0.05) is 48.5 Å². The van der Waals surface area contributed by atoms with Crippen molar-refractivity contribution in [3.8, 4) is 11.1 Å². The Morgan fingerprint density at radius 1 is 1.06 bits per heavy atom. The topological polar surface area (TPSA) is 95.9 Å². The van der Waals surface area contributed by atoms with E-state index < -0.39 is 24.0 Å². The lowest BCUT2D eigenvalue weighted by Gasteiger charge is -2.37. The van der Waals surface area contributed by atoms with Crippen LogP contribution in [0.1, 0.15) is 43.7 Å². The van der Waals surface area contributed by atoms with Gasteiger partial charge >= 0.3 is 12.1 Å². The summed E-state index contributed by atoms with van der Waals surface area (Å²) in [6.45, 7) is 3.82.